The first-order chi connectivity index (χ1) is 12.5. The molecule has 0 spiro atoms. The maximum absolute atomic E-state index is 12.2. The molecule has 3 aromatic rings. The van der Waals surface area contributed by atoms with Crippen LogP contribution in [-0.2, 0) is 17.8 Å². The van der Waals surface area contributed by atoms with Crippen LogP contribution in [0.25, 0.3) is 11.0 Å². The number of carbonyl (C=O) groups is 1. The molecular formula is C18H20BN3O4. The highest BCUT2D eigenvalue weighted by molar-refractivity contribution is 6.43. The predicted molar refractivity (Wildman–Crippen MR) is 98.3 cm³/mol. The van der Waals surface area contributed by atoms with Crippen LogP contribution in [0.5, 0.6) is 5.75 Å². The molecule has 0 aliphatic carbocycles. The fourth-order valence-corrected chi connectivity index (χ4v) is 2.86. The van der Waals surface area contributed by atoms with Crippen LogP contribution in [0.3, 0.4) is 0 Å². The number of fused-ring (bicyclic) bond motifs is 1. The van der Waals surface area contributed by atoms with Gasteiger partial charge >= 0.3 is 7.12 Å². The standard InChI is InChI=1S/C18H20BN3O4/c23-14-5-3-4-13(10-14)11-17(19(25)26)21-18(24)8-9-22-12-20-15-6-1-2-7-16(15)22/h1-7,10,12,17,23,25-26H,8-9,11H2,(H,21,24)/t17-/m0/s1. The Morgan fingerprint density at radius 1 is 1.19 bits per heavy atom. The average Bonchev–Trinajstić information content (AvgIpc) is 3.02. The maximum Gasteiger partial charge on any atom is 0.475 e. The first kappa shape index (κ1) is 18.0. The number of para-hydroxylation sites is 2. The molecule has 0 bridgehead atoms. The molecule has 3 rings (SSSR count). The molecule has 0 aliphatic rings. The van der Waals surface area contributed by atoms with Crippen molar-refractivity contribution in [2.24, 2.45) is 0 Å². The number of aromatic hydroxyl groups is 1. The molecule has 134 valence electrons. The zero-order valence-electron chi connectivity index (χ0n) is 14.1. The molecule has 2 aromatic carbocycles. The third-order valence-corrected chi connectivity index (χ3v) is 4.18. The number of rotatable bonds is 7. The van der Waals surface area contributed by atoms with Crippen molar-refractivity contribution in [2.45, 2.75) is 25.3 Å². The van der Waals surface area contributed by atoms with Crippen molar-refractivity contribution in [3.8, 4) is 5.75 Å². The Kier molecular flexibility index (Phi) is 5.55. The molecule has 1 atom stereocenters. The summed E-state index contributed by atoms with van der Waals surface area (Å²) in [6.07, 6.45) is 2.07. The van der Waals surface area contributed by atoms with Crippen LogP contribution in [0.1, 0.15) is 12.0 Å². The lowest BCUT2D eigenvalue weighted by Crippen LogP contribution is -2.48. The summed E-state index contributed by atoms with van der Waals surface area (Å²) in [5.74, 6) is -1.06. The number of aryl methyl sites for hydroxylation is 1. The van der Waals surface area contributed by atoms with Gasteiger partial charge in [0.1, 0.15) is 5.75 Å². The minimum atomic E-state index is -1.70. The van der Waals surface area contributed by atoms with Gasteiger partial charge in [0.25, 0.3) is 0 Å². The molecule has 7 nitrogen and oxygen atoms in total. The number of phenolic OH excluding ortho intramolecular Hbond substituents is 1. The van der Waals surface area contributed by atoms with Gasteiger partial charge in [0.15, 0.2) is 0 Å². The Bertz CT molecular complexity index is 897. The van der Waals surface area contributed by atoms with Gasteiger partial charge < -0.3 is 25.0 Å². The first-order valence-electron chi connectivity index (χ1n) is 8.36. The second kappa shape index (κ2) is 8.03. The lowest BCUT2D eigenvalue weighted by molar-refractivity contribution is -0.121. The zero-order chi connectivity index (χ0) is 18.5. The average molecular weight is 353 g/mol. The number of carbonyl (C=O) groups excluding carboxylic acids is 1. The number of nitrogens with one attached hydrogen (secondary N) is 1. The number of amides is 1. The predicted octanol–water partition coefficient (Wildman–Crippen LogP) is 0.871. The summed E-state index contributed by atoms with van der Waals surface area (Å²) in [6, 6.07) is 14.1. The Hall–Kier alpha value is -2.84. The fourth-order valence-electron chi connectivity index (χ4n) is 2.86. The zero-order valence-corrected chi connectivity index (χ0v) is 14.1. The van der Waals surface area contributed by atoms with Crippen LogP contribution in [0.2, 0.25) is 0 Å². The summed E-state index contributed by atoms with van der Waals surface area (Å²) in [7, 11) is -1.70. The second-order valence-electron chi connectivity index (χ2n) is 6.14. The SMILES string of the molecule is O=C(CCn1cnc2ccccc21)N[C@@H](Cc1cccc(O)c1)B(O)O. The van der Waals surface area contributed by atoms with Crippen molar-refractivity contribution >= 4 is 24.1 Å². The molecule has 0 radical (unpaired) electrons. The van der Waals surface area contributed by atoms with E-state index in [1.807, 2.05) is 28.8 Å². The number of aromatic nitrogens is 2. The Morgan fingerprint density at radius 2 is 2.00 bits per heavy atom. The molecule has 0 aliphatic heterocycles. The molecule has 1 heterocycles. The molecule has 1 aromatic heterocycles. The van der Waals surface area contributed by atoms with Gasteiger partial charge in [0.05, 0.1) is 23.3 Å². The quantitative estimate of drug-likeness (QED) is 0.472. The minimum absolute atomic E-state index is 0.0898. The van der Waals surface area contributed by atoms with E-state index in [2.05, 4.69) is 10.3 Å². The molecule has 26 heavy (non-hydrogen) atoms. The van der Waals surface area contributed by atoms with Crippen molar-refractivity contribution in [3.05, 3.63) is 60.4 Å². The van der Waals surface area contributed by atoms with Crippen LogP contribution >= 0.6 is 0 Å². The Morgan fingerprint density at radius 3 is 2.77 bits per heavy atom. The van der Waals surface area contributed by atoms with Gasteiger partial charge in [-0.25, -0.2) is 4.98 Å². The van der Waals surface area contributed by atoms with E-state index in [0.29, 0.717) is 12.1 Å². The Balaban J connectivity index is 1.59. The van der Waals surface area contributed by atoms with Crippen LogP contribution < -0.4 is 5.32 Å². The van der Waals surface area contributed by atoms with Gasteiger partial charge in [0, 0.05) is 13.0 Å². The monoisotopic (exact) mass is 353 g/mol. The number of phenols is 1. The van der Waals surface area contributed by atoms with Gasteiger partial charge in [-0.05, 0) is 36.2 Å². The molecule has 4 N–H and O–H groups in total. The molecule has 0 unspecified atom stereocenters. The molecule has 0 fully saturated rings. The van der Waals surface area contributed by atoms with Crippen LogP contribution in [0, 0.1) is 0 Å². The van der Waals surface area contributed by atoms with Crippen LogP contribution in [0.4, 0.5) is 0 Å². The molecule has 1 amide bonds. The third-order valence-electron chi connectivity index (χ3n) is 4.18. The first-order valence-corrected chi connectivity index (χ1v) is 8.36. The van der Waals surface area contributed by atoms with E-state index in [4.69, 9.17) is 0 Å². The van der Waals surface area contributed by atoms with Gasteiger partial charge in [-0.2, -0.15) is 0 Å². The molecule has 0 saturated carbocycles. The van der Waals surface area contributed by atoms with E-state index in [1.165, 1.54) is 12.1 Å². The highest BCUT2D eigenvalue weighted by Crippen LogP contribution is 2.14. The summed E-state index contributed by atoms with van der Waals surface area (Å²) in [5.41, 5.74) is 2.50. The molecular weight excluding hydrogens is 333 g/mol. The normalized spacial score (nSPS) is 12.1. The summed E-state index contributed by atoms with van der Waals surface area (Å²) in [5, 5.41) is 31.2. The molecule has 8 heteroatoms. The number of nitrogens with zero attached hydrogens (tertiary/aromatic N) is 2. The third kappa shape index (κ3) is 4.41. The topological polar surface area (TPSA) is 108 Å². The number of hydrogen-bond donors (Lipinski definition) is 4. The van der Waals surface area contributed by atoms with Crippen molar-refractivity contribution in [1.82, 2.24) is 14.9 Å². The van der Waals surface area contributed by atoms with Gasteiger partial charge in [-0.1, -0.05) is 24.3 Å². The largest absolute Gasteiger partial charge is 0.508 e. The van der Waals surface area contributed by atoms with E-state index in [0.717, 1.165) is 11.0 Å². The van der Waals surface area contributed by atoms with E-state index in [-0.39, 0.29) is 24.5 Å². The number of benzene rings is 2. The minimum Gasteiger partial charge on any atom is -0.508 e. The van der Waals surface area contributed by atoms with Gasteiger partial charge in [-0.15, -0.1) is 0 Å². The fraction of sp³-hybridized carbons (Fsp3) is 0.222. The van der Waals surface area contributed by atoms with Gasteiger partial charge in [-0.3, -0.25) is 4.79 Å². The Labute approximate surface area is 151 Å². The van der Waals surface area contributed by atoms with Gasteiger partial charge in [0.2, 0.25) is 5.91 Å². The van der Waals surface area contributed by atoms with Crippen LogP contribution in [-0.4, -0.2) is 43.7 Å². The second-order valence-corrected chi connectivity index (χ2v) is 6.14. The summed E-state index contributed by atoms with van der Waals surface area (Å²) >= 11 is 0. The molecule has 0 saturated heterocycles. The van der Waals surface area contributed by atoms with Crippen molar-refractivity contribution in [1.29, 1.82) is 0 Å². The van der Waals surface area contributed by atoms with E-state index in [9.17, 15) is 19.9 Å². The summed E-state index contributed by atoms with van der Waals surface area (Å²) in [6.45, 7) is 0.437. The van der Waals surface area contributed by atoms with E-state index in [1.54, 1.807) is 18.5 Å². The summed E-state index contributed by atoms with van der Waals surface area (Å²) in [4.78, 5) is 16.5. The van der Waals surface area contributed by atoms with Crippen molar-refractivity contribution in [2.75, 3.05) is 0 Å². The highest BCUT2D eigenvalue weighted by Gasteiger charge is 2.25. The van der Waals surface area contributed by atoms with Crippen molar-refractivity contribution in [3.63, 3.8) is 0 Å². The van der Waals surface area contributed by atoms with E-state index < -0.39 is 13.1 Å². The number of hydrogen-bond acceptors (Lipinski definition) is 5. The van der Waals surface area contributed by atoms with Crippen LogP contribution in [0.15, 0.2) is 54.9 Å². The number of imidazole rings is 1. The maximum atomic E-state index is 12.2. The summed E-state index contributed by atoms with van der Waals surface area (Å²) < 4.78 is 1.88. The smallest absolute Gasteiger partial charge is 0.475 e. The lowest BCUT2D eigenvalue weighted by atomic mass is 9.76. The van der Waals surface area contributed by atoms with Crippen molar-refractivity contribution < 1.29 is 19.9 Å². The van der Waals surface area contributed by atoms with E-state index >= 15 is 0 Å². The highest BCUT2D eigenvalue weighted by atomic mass is 16.4. The lowest BCUT2D eigenvalue weighted by Gasteiger charge is -2.18.